The molecule has 1 aromatic carbocycles. The van der Waals surface area contributed by atoms with Gasteiger partial charge in [-0.25, -0.2) is 0 Å². The van der Waals surface area contributed by atoms with E-state index >= 15 is 0 Å². The van der Waals surface area contributed by atoms with Gasteiger partial charge in [0, 0.05) is 12.4 Å². The van der Waals surface area contributed by atoms with Crippen LogP contribution >= 0.6 is 24.0 Å². The molecule has 5 nitrogen and oxygen atoms in total. The molecule has 3 rings (SSSR count). The third-order valence-electron chi connectivity index (χ3n) is 3.42. The van der Waals surface area contributed by atoms with Gasteiger partial charge in [0.25, 0.3) is 5.91 Å². The van der Waals surface area contributed by atoms with Crippen molar-refractivity contribution in [2.24, 2.45) is 0 Å². The second-order valence-electron chi connectivity index (χ2n) is 4.96. The van der Waals surface area contributed by atoms with E-state index in [9.17, 15) is 14.7 Å². The summed E-state index contributed by atoms with van der Waals surface area (Å²) < 4.78 is 0.193. The first-order valence-corrected chi connectivity index (χ1v) is 8.23. The molecule has 1 aromatic heterocycles. The predicted molar refractivity (Wildman–Crippen MR) is 93.4 cm³/mol. The summed E-state index contributed by atoms with van der Waals surface area (Å²) in [5.74, 6) is -1.82. The Hall–Kier alpha value is -2.51. The quantitative estimate of drug-likeness (QED) is 0.615. The molecule has 24 heavy (non-hydrogen) atoms. The number of nitrogens with zero attached hydrogens (tertiary/aromatic N) is 2. The summed E-state index contributed by atoms with van der Waals surface area (Å²) in [7, 11) is 0. The number of benzene rings is 1. The molecular weight excluding hydrogens is 344 g/mol. The molecule has 1 amide bonds. The number of carboxylic acid groups (broad SMARTS) is 1. The Morgan fingerprint density at radius 1 is 1.21 bits per heavy atom. The first-order chi connectivity index (χ1) is 11.6. The zero-order chi connectivity index (χ0) is 17.1. The minimum atomic E-state index is -1.37. The standard InChI is InChI=1S/C17H12N2O3S2/c20-15-13(10-11-6-8-18-9-7-11)24-17(23)19(15)14(16(21)22)12-4-2-1-3-5-12/h1-10,14H,(H,21,22)/p-1. The first kappa shape index (κ1) is 16.4. The Labute approximate surface area is 148 Å². The summed E-state index contributed by atoms with van der Waals surface area (Å²) in [5, 5.41) is 11.6. The predicted octanol–water partition coefficient (Wildman–Crippen LogP) is 1.77. The smallest absolute Gasteiger partial charge is 0.267 e. The fourth-order valence-electron chi connectivity index (χ4n) is 2.34. The van der Waals surface area contributed by atoms with Crippen molar-refractivity contribution >= 4 is 46.3 Å². The van der Waals surface area contributed by atoms with E-state index in [0.717, 1.165) is 22.2 Å². The van der Waals surface area contributed by atoms with Gasteiger partial charge >= 0.3 is 0 Å². The molecule has 0 spiro atoms. The van der Waals surface area contributed by atoms with Gasteiger partial charge in [-0.05, 0) is 29.3 Å². The van der Waals surface area contributed by atoms with E-state index in [4.69, 9.17) is 12.2 Å². The van der Waals surface area contributed by atoms with E-state index in [0.29, 0.717) is 10.5 Å². The molecule has 0 bridgehead atoms. The number of pyridine rings is 1. The van der Waals surface area contributed by atoms with Gasteiger partial charge in [0.15, 0.2) is 0 Å². The van der Waals surface area contributed by atoms with Crippen molar-refractivity contribution in [1.29, 1.82) is 0 Å². The summed E-state index contributed by atoms with van der Waals surface area (Å²) in [6.45, 7) is 0. The van der Waals surface area contributed by atoms with Crippen LogP contribution in [-0.2, 0) is 9.59 Å². The van der Waals surface area contributed by atoms with Gasteiger partial charge in [0.1, 0.15) is 10.4 Å². The molecule has 1 fully saturated rings. The highest BCUT2D eigenvalue weighted by Crippen LogP contribution is 2.37. The van der Waals surface area contributed by atoms with Crippen LogP contribution in [0.2, 0.25) is 0 Å². The van der Waals surface area contributed by atoms with Crippen molar-refractivity contribution < 1.29 is 14.7 Å². The molecule has 120 valence electrons. The number of hydrogen-bond donors (Lipinski definition) is 0. The van der Waals surface area contributed by atoms with E-state index in [2.05, 4.69) is 4.98 Å². The minimum absolute atomic E-state index is 0.193. The number of carboxylic acids is 1. The average Bonchev–Trinajstić information content (AvgIpc) is 2.85. The molecule has 0 saturated carbocycles. The van der Waals surface area contributed by atoms with Gasteiger partial charge < -0.3 is 9.90 Å². The Morgan fingerprint density at radius 2 is 1.88 bits per heavy atom. The zero-order valence-electron chi connectivity index (χ0n) is 12.3. The third-order valence-corrected chi connectivity index (χ3v) is 4.75. The molecule has 7 heteroatoms. The summed E-state index contributed by atoms with van der Waals surface area (Å²) in [4.78, 5) is 29.7. The molecule has 2 heterocycles. The van der Waals surface area contributed by atoms with Crippen molar-refractivity contribution in [3.8, 4) is 0 Å². The highest BCUT2D eigenvalue weighted by atomic mass is 32.2. The molecule has 1 saturated heterocycles. The molecule has 0 radical (unpaired) electrons. The largest absolute Gasteiger partial charge is 0.547 e. The lowest BCUT2D eigenvalue weighted by Gasteiger charge is -2.27. The Morgan fingerprint density at radius 3 is 2.50 bits per heavy atom. The molecule has 0 aliphatic carbocycles. The van der Waals surface area contributed by atoms with Crippen LogP contribution < -0.4 is 5.11 Å². The highest BCUT2D eigenvalue weighted by Gasteiger charge is 2.38. The lowest BCUT2D eigenvalue weighted by Crippen LogP contribution is -2.43. The van der Waals surface area contributed by atoms with Crippen LogP contribution in [0.25, 0.3) is 6.08 Å². The molecule has 1 unspecified atom stereocenters. The molecule has 1 aliphatic heterocycles. The third kappa shape index (κ3) is 3.22. The number of carbonyl (C=O) groups is 2. The average molecular weight is 355 g/mol. The number of hydrogen-bond acceptors (Lipinski definition) is 6. The Kier molecular flexibility index (Phi) is 4.73. The maximum atomic E-state index is 12.7. The number of aromatic nitrogens is 1. The SMILES string of the molecule is O=C([O-])C(c1ccccc1)N1C(=O)C(=Cc2ccncc2)SC1=S. The van der Waals surface area contributed by atoms with E-state index in [1.807, 2.05) is 0 Å². The number of carbonyl (C=O) groups excluding carboxylic acids is 2. The first-order valence-electron chi connectivity index (χ1n) is 7.01. The Balaban J connectivity index is 1.96. The zero-order valence-corrected chi connectivity index (χ0v) is 13.9. The molecular formula is C17H11N2O3S2-. The number of amides is 1. The summed E-state index contributed by atoms with van der Waals surface area (Å²) in [5.41, 5.74) is 1.23. The van der Waals surface area contributed by atoms with Crippen LogP contribution in [0.5, 0.6) is 0 Å². The Bertz CT molecular complexity index is 822. The van der Waals surface area contributed by atoms with Gasteiger partial charge in [-0.1, -0.05) is 54.3 Å². The van der Waals surface area contributed by atoms with Crippen molar-refractivity contribution in [1.82, 2.24) is 9.88 Å². The second-order valence-corrected chi connectivity index (χ2v) is 6.64. The minimum Gasteiger partial charge on any atom is -0.547 e. The summed E-state index contributed by atoms with van der Waals surface area (Å²) in [6, 6.07) is 10.7. The number of rotatable bonds is 4. The topological polar surface area (TPSA) is 73.3 Å². The van der Waals surface area contributed by atoms with E-state index in [-0.39, 0.29) is 4.32 Å². The number of aliphatic carboxylic acids is 1. The van der Waals surface area contributed by atoms with Crippen molar-refractivity contribution in [2.45, 2.75) is 6.04 Å². The van der Waals surface area contributed by atoms with Crippen molar-refractivity contribution in [2.75, 3.05) is 0 Å². The molecule has 0 N–H and O–H groups in total. The maximum Gasteiger partial charge on any atom is 0.267 e. The normalized spacial score (nSPS) is 17.3. The lowest BCUT2D eigenvalue weighted by atomic mass is 10.1. The van der Waals surface area contributed by atoms with Gasteiger partial charge in [-0.15, -0.1) is 0 Å². The van der Waals surface area contributed by atoms with Crippen molar-refractivity contribution in [3.05, 3.63) is 70.9 Å². The van der Waals surface area contributed by atoms with Crippen LogP contribution in [0.3, 0.4) is 0 Å². The summed E-state index contributed by atoms with van der Waals surface area (Å²) >= 11 is 6.30. The van der Waals surface area contributed by atoms with Crippen LogP contribution in [0, 0.1) is 0 Å². The fraction of sp³-hybridized carbons (Fsp3) is 0.0588. The molecule has 2 aromatic rings. The lowest BCUT2D eigenvalue weighted by molar-refractivity contribution is -0.310. The maximum absolute atomic E-state index is 12.7. The van der Waals surface area contributed by atoms with Crippen LogP contribution in [0.15, 0.2) is 59.8 Å². The van der Waals surface area contributed by atoms with Crippen LogP contribution in [0.1, 0.15) is 17.2 Å². The summed E-state index contributed by atoms with van der Waals surface area (Å²) in [6.07, 6.45) is 4.89. The van der Waals surface area contributed by atoms with Gasteiger partial charge in [0.05, 0.1) is 10.9 Å². The molecule has 1 aliphatic rings. The van der Waals surface area contributed by atoms with Gasteiger partial charge in [0.2, 0.25) is 0 Å². The number of thioether (sulfide) groups is 1. The van der Waals surface area contributed by atoms with Gasteiger partial charge in [-0.2, -0.15) is 0 Å². The van der Waals surface area contributed by atoms with Crippen LogP contribution in [0.4, 0.5) is 0 Å². The second kappa shape index (κ2) is 6.94. The van der Waals surface area contributed by atoms with Gasteiger partial charge in [-0.3, -0.25) is 14.7 Å². The van der Waals surface area contributed by atoms with E-state index in [1.54, 1.807) is 60.9 Å². The molecule has 1 atom stereocenters. The number of thiocarbonyl (C=S) groups is 1. The van der Waals surface area contributed by atoms with E-state index < -0.39 is 17.9 Å². The fourth-order valence-corrected chi connectivity index (χ4v) is 3.65. The monoisotopic (exact) mass is 355 g/mol. The van der Waals surface area contributed by atoms with Crippen LogP contribution in [-0.4, -0.2) is 26.1 Å². The van der Waals surface area contributed by atoms with E-state index in [1.165, 1.54) is 0 Å². The highest BCUT2D eigenvalue weighted by molar-refractivity contribution is 8.26. The van der Waals surface area contributed by atoms with Crippen molar-refractivity contribution in [3.63, 3.8) is 0 Å².